The molecule has 0 aliphatic heterocycles. The molecule has 1 aromatic carbocycles. The number of likely N-dealkylation sites (N-methyl/N-ethyl adjacent to an activating group) is 1. The standard InChI is InChI=1S/C19H27N5OS/c1-24(2)13-16(15-10-4-3-5-11-15)20-18(25)21-19-23-22-17(26-19)12-14-8-6-7-9-14/h3-5,10-11,14,16H,6-9,12-13H2,1-2H3,(H2,20,21,23,25). The minimum Gasteiger partial charge on any atom is -0.330 e. The maximum Gasteiger partial charge on any atom is 0.321 e. The first-order valence-electron chi connectivity index (χ1n) is 9.19. The number of rotatable bonds is 7. The van der Waals surface area contributed by atoms with Gasteiger partial charge >= 0.3 is 6.03 Å². The van der Waals surface area contributed by atoms with E-state index in [0.29, 0.717) is 5.13 Å². The van der Waals surface area contributed by atoms with Crippen LogP contribution in [0.25, 0.3) is 0 Å². The minimum atomic E-state index is -0.246. The van der Waals surface area contributed by atoms with Crippen molar-refractivity contribution >= 4 is 22.5 Å². The Bertz CT molecular complexity index is 697. The third-order valence-corrected chi connectivity index (χ3v) is 5.54. The Balaban J connectivity index is 1.57. The molecule has 0 radical (unpaired) electrons. The van der Waals surface area contributed by atoms with Crippen molar-refractivity contribution in [3.8, 4) is 0 Å². The zero-order valence-electron chi connectivity index (χ0n) is 15.4. The Hall–Kier alpha value is -1.99. The van der Waals surface area contributed by atoms with Crippen LogP contribution in [0.5, 0.6) is 0 Å². The first kappa shape index (κ1) is 18.8. The van der Waals surface area contributed by atoms with Crippen LogP contribution in [0.3, 0.4) is 0 Å². The molecule has 7 heteroatoms. The molecule has 1 fully saturated rings. The second kappa shape index (κ2) is 9.09. The van der Waals surface area contributed by atoms with Crippen LogP contribution in [0.2, 0.25) is 0 Å². The first-order chi connectivity index (χ1) is 12.6. The lowest BCUT2D eigenvalue weighted by Gasteiger charge is -2.22. The van der Waals surface area contributed by atoms with Crippen molar-refractivity contribution in [2.75, 3.05) is 26.0 Å². The number of urea groups is 1. The number of nitrogens with zero attached hydrogens (tertiary/aromatic N) is 3. The Morgan fingerprint density at radius 1 is 1.23 bits per heavy atom. The van der Waals surface area contributed by atoms with Gasteiger partial charge in [-0.3, -0.25) is 5.32 Å². The fraction of sp³-hybridized carbons (Fsp3) is 0.526. The zero-order valence-corrected chi connectivity index (χ0v) is 16.3. The molecule has 1 atom stereocenters. The van der Waals surface area contributed by atoms with Gasteiger partial charge in [-0.05, 0) is 25.6 Å². The van der Waals surface area contributed by atoms with E-state index < -0.39 is 0 Å². The second-order valence-corrected chi connectivity index (χ2v) is 8.24. The van der Waals surface area contributed by atoms with Crippen molar-refractivity contribution in [1.82, 2.24) is 20.4 Å². The van der Waals surface area contributed by atoms with Crippen molar-refractivity contribution in [2.45, 2.75) is 38.1 Å². The number of carbonyl (C=O) groups excluding carboxylic acids is 1. The van der Waals surface area contributed by atoms with Gasteiger partial charge in [-0.25, -0.2) is 4.79 Å². The maximum atomic E-state index is 12.4. The summed E-state index contributed by atoms with van der Waals surface area (Å²) < 4.78 is 0. The van der Waals surface area contributed by atoms with E-state index in [9.17, 15) is 4.79 Å². The minimum absolute atomic E-state index is 0.0860. The fourth-order valence-corrected chi connectivity index (χ4v) is 4.27. The number of hydrogen-bond acceptors (Lipinski definition) is 5. The summed E-state index contributed by atoms with van der Waals surface area (Å²) in [5.74, 6) is 0.729. The first-order valence-corrected chi connectivity index (χ1v) is 10.0. The van der Waals surface area contributed by atoms with Crippen LogP contribution in [0.15, 0.2) is 30.3 Å². The molecule has 3 rings (SSSR count). The van der Waals surface area contributed by atoms with Crippen molar-refractivity contribution in [3.63, 3.8) is 0 Å². The van der Waals surface area contributed by atoms with Gasteiger partial charge in [0.2, 0.25) is 5.13 Å². The highest BCUT2D eigenvalue weighted by atomic mass is 32.1. The fourth-order valence-electron chi connectivity index (χ4n) is 3.42. The monoisotopic (exact) mass is 373 g/mol. The molecule has 1 aliphatic rings. The topological polar surface area (TPSA) is 70.2 Å². The van der Waals surface area contributed by atoms with Crippen molar-refractivity contribution in [2.24, 2.45) is 5.92 Å². The molecule has 1 aliphatic carbocycles. The Kier molecular flexibility index (Phi) is 6.57. The van der Waals surface area contributed by atoms with Gasteiger partial charge in [-0.2, -0.15) is 0 Å². The lowest BCUT2D eigenvalue weighted by molar-refractivity contribution is 0.244. The van der Waals surface area contributed by atoms with Gasteiger partial charge in [-0.15, -0.1) is 10.2 Å². The van der Waals surface area contributed by atoms with Crippen LogP contribution in [0.4, 0.5) is 9.93 Å². The SMILES string of the molecule is CN(C)CC(NC(=O)Nc1nnc(CC2CCCC2)s1)c1ccccc1. The summed E-state index contributed by atoms with van der Waals surface area (Å²) in [6.07, 6.45) is 6.19. The van der Waals surface area contributed by atoms with Crippen LogP contribution in [0, 0.1) is 5.92 Å². The van der Waals surface area contributed by atoms with E-state index >= 15 is 0 Å². The van der Waals surface area contributed by atoms with Crippen molar-refractivity contribution < 1.29 is 4.79 Å². The molecule has 2 aromatic rings. The molecule has 2 amide bonds. The van der Waals surface area contributed by atoms with Crippen LogP contribution >= 0.6 is 11.3 Å². The van der Waals surface area contributed by atoms with E-state index in [-0.39, 0.29) is 12.1 Å². The number of hydrogen-bond donors (Lipinski definition) is 2. The van der Waals surface area contributed by atoms with E-state index in [1.165, 1.54) is 37.0 Å². The number of nitrogens with one attached hydrogen (secondary N) is 2. The van der Waals surface area contributed by atoms with Crippen LogP contribution in [-0.4, -0.2) is 41.8 Å². The number of amides is 2. The largest absolute Gasteiger partial charge is 0.330 e. The predicted molar refractivity (Wildman–Crippen MR) is 105 cm³/mol. The van der Waals surface area contributed by atoms with Gasteiger partial charge < -0.3 is 10.2 Å². The summed E-state index contributed by atoms with van der Waals surface area (Å²) in [5.41, 5.74) is 1.08. The van der Waals surface area contributed by atoms with E-state index in [1.807, 2.05) is 44.4 Å². The Morgan fingerprint density at radius 2 is 1.96 bits per heavy atom. The molecular weight excluding hydrogens is 346 g/mol. The van der Waals surface area contributed by atoms with Crippen LogP contribution in [0.1, 0.15) is 42.3 Å². The molecule has 26 heavy (non-hydrogen) atoms. The molecule has 6 nitrogen and oxygen atoms in total. The molecule has 0 saturated heterocycles. The van der Waals surface area contributed by atoms with E-state index in [1.54, 1.807) is 0 Å². The van der Waals surface area contributed by atoms with Gasteiger partial charge in [0, 0.05) is 13.0 Å². The number of anilines is 1. The summed E-state index contributed by atoms with van der Waals surface area (Å²) in [7, 11) is 3.99. The summed E-state index contributed by atoms with van der Waals surface area (Å²) >= 11 is 1.48. The highest BCUT2D eigenvalue weighted by molar-refractivity contribution is 7.15. The highest BCUT2D eigenvalue weighted by Crippen LogP contribution is 2.29. The number of carbonyl (C=O) groups is 1. The lowest BCUT2D eigenvalue weighted by Crippen LogP contribution is -2.37. The summed E-state index contributed by atoms with van der Waals surface area (Å²) in [5, 5.41) is 15.8. The van der Waals surface area contributed by atoms with E-state index in [4.69, 9.17) is 0 Å². The molecule has 1 aromatic heterocycles. The normalized spacial score (nSPS) is 16.0. The average Bonchev–Trinajstić information content (AvgIpc) is 3.27. The molecule has 0 spiro atoms. The molecule has 1 unspecified atom stereocenters. The molecule has 1 heterocycles. The molecule has 0 bridgehead atoms. The van der Waals surface area contributed by atoms with Crippen LogP contribution in [-0.2, 0) is 6.42 Å². The Labute approximate surface area is 159 Å². The van der Waals surface area contributed by atoms with Gasteiger partial charge in [0.25, 0.3) is 0 Å². The summed E-state index contributed by atoms with van der Waals surface area (Å²) in [6.45, 7) is 0.723. The third-order valence-electron chi connectivity index (χ3n) is 4.68. The molecular formula is C19H27N5OS. The zero-order chi connectivity index (χ0) is 18.4. The molecule has 140 valence electrons. The van der Waals surface area contributed by atoms with E-state index in [2.05, 4.69) is 25.7 Å². The number of aromatic nitrogens is 2. The van der Waals surface area contributed by atoms with Gasteiger partial charge in [0.05, 0.1) is 6.04 Å². The van der Waals surface area contributed by atoms with Gasteiger partial charge in [0.15, 0.2) is 0 Å². The molecule has 1 saturated carbocycles. The summed E-state index contributed by atoms with van der Waals surface area (Å²) in [6, 6.07) is 9.66. The van der Waals surface area contributed by atoms with Crippen molar-refractivity contribution in [1.29, 1.82) is 0 Å². The molecule has 2 N–H and O–H groups in total. The smallest absolute Gasteiger partial charge is 0.321 e. The van der Waals surface area contributed by atoms with Crippen molar-refractivity contribution in [3.05, 3.63) is 40.9 Å². The predicted octanol–water partition coefficient (Wildman–Crippen LogP) is 3.70. The van der Waals surface area contributed by atoms with Gasteiger partial charge in [0.1, 0.15) is 5.01 Å². The number of benzene rings is 1. The third kappa shape index (κ3) is 5.51. The van der Waals surface area contributed by atoms with Crippen LogP contribution < -0.4 is 10.6 Å². The van der Waals surface area contributed by atoms with Gasteiger partial charge in [-0.1, -0.05) is 67.4 Å². The quantitative estimate of drug-likeness (QED) is 0.776. The Morgan fingerprint density at radius 3 is 2.65 bits per heavy atom. The average molecular weight is 374 g/mol. The highest BCUT2D eigenvalue weighted by Gasteiger charge is 2.19. The lowest BCUT2D eigenvalue weighted by atomic mass is 10.1. The second-order valence-electron chi connectivity index (χ2n) is 7.18. The van der Waals surface area contributed by atoms with E-state index in [0.717, 1.165) is 29.5 Å². The summed E-state index contributed by atoms with van der Waals surface area (Å²) in [4.78, 5) is 14.5. The maximum absolute atomic E-state index is 12.4.